The Morgan fingerprint density at radius 2 is 1.79 bits per heavy atom. The van der Waals surface area contributed by atoms with Crippen molar-refractivity contribution >= 4 is 23.1 Å². The Balaban J connectivity index is 1.45. The maximum absolute atomic E-state index is 12.7. The third-order valence-corrected chi connectivity index (χ3v) is 6.46. The Bertz CT molecular complexity index is 796. The summed E-state index contributed by atoms with van der Waals surface area (Å²) in [6.45, 7) is 9.12. The number of aliphatic imine (C=N–C) groups is 1. The van der Waals surface area contributed by atoms with E-state index >= 15 is 0 Å². The van der Waals surface area contributed by atoms with E-state index in [1.807, 2.05) is 24.3 Å². The first-order valence-electron chi connectivity index (χ1n) is 10.6. The van der Waals surface area contributed by atoms with Crippen molar-refractivity contribution in [2.75, 3.05) is 25.0 Å². The predicted molar refractivity (Wildman–Crippen MR) is 112 cm³/mol. The molecule has 0 bridgehead atoms. The number of hydrogen-bond donors (Lipinski definition) is 1. The number of carbonyl (C=O) groups excluding carboxylic acids is 2. The molecular weight excluding hydrogens is 350 g/mol. The summed E-state index contributed by atoms with van der Waals surface area (Å²) in [6, 6.07) is 7.30. The van der Waals surface area contributed by atoms with Gasteiger partial charge in [-0.15, -0.1) is 0 Å². The molecule has 2 aliphatic heterocycles. The molecule has 1 unspecified atom stereocenters. The molecule has 0 radical (unpaired) electrons. The number of benzene rings is 1. The Labute approximate surface area is 167 Å². The van der Waals surface area contributed by atoms with Crippen molar-refractivity contribution in [3.8, 4) is 0 Å². The third-order valence-electron chi connectivity index (χ3n) is 6.46. The molecule has 1 saturated heterocycles. The van der Waals surface area contributed by atoms with Crippen LogP contribution in [0.25, 0.3) is 0 Å². The van der Waals surface area contributed by atoms with Gasteiger partial charge in [-0.2, -0.15) is 0 Å². The molecule has 3 aliphatic rings. The van der Waals surface area contributed by atoms with Crippen LogP contribution >= 0.6 is 0 Å². The fourth-order valence-corrected chi connectivity index (χ4v) is 4.46. The molecule has 0 spiro atoms. The highest BCUT2D eigenvalue weighted by molar-refractivity contribution is 6.27. The van der Waals surface area contributed by atoms with Crippen molar-refractivity contribution in [2.24, 2.45) is 22.2 Å². The summed E-state index contributed by atoms with van der Waals surface area (Å²) in [5, 5.41) is 3.29. The lowest BCUT2D eigenvalue weighted by Gasteiger charge is -2.38. The van der Waals surface area contributed by atoms with Gasteiger partial charge >= 0.3 is 0 Å². The zero-order valence-corrected chi connectivity index (χ0v) is 17.2. The minimum Gasteiger partial charge on any atom is -0.370 e. The number of rotatable bonds is 4. The van der Waals surface area contributed by atoms with Gasteiger partial charge in [-0.1, -0.05) is 39.0 Å². The summed E-state index contributed by atoms with van der Waals surface area (Å²) < 4.78 is 0. The predicted octanol–water partition coefficient (Wildman–Crippen LogP) is 3.53. The maximum Gasteiger partial charge on any atom is 0.260 e. The van der Waals surface area contributed by atoms with Gasteiger partial charge in [0.2, 0.25) is 0 Å². The maximum atomic E-state index is 12.7. The molecule has 5 nitrogen and oxygen atoms in total. The monoisotopic (exact) mass is 381 g/mol. The van der Waals surface area contributed by atoms with Crippen LogP contribution in [0.3, 0.4) is 0 Å². The Morgan fingerprint density at radius 3 is 2.43 bits per heavy atom. The largest absolute Gasteiger partial charge is 0.370 e. The van der Waals surface area contributed by atoms with Gasteiger partial charge in [-0.25, -0.2) is 4.99 Å². The van der Waals surface area contributed by atoms with Crippen LogP contribution in [-0.4, -0.2) is 48.0 Å². The third kappa shape index (κ3) is 4.04. The van der Waals surface area contributed by atoms with Gasteiger partial charge in [0.15, 0.2) is 5.78 Å². The molecule has 2 heterocycles. The second-order valence-corrected chi connectivity index (χ2v) is 9.61. The highest BCUT2D eigenvalue weighted by Gasteiger charge is 2.41. The van der Waals surface area contributed by atoms with Crippen molar-refractivity contribution in [3.05, 3.63) is 29.8 Å². The molecule has 1 atom stereocenters. The van der Waals surface area contributed by atoms with Crippen molar-refractivity contribution in [1.29, 1.82) is 0 Å². The van der Waals surface area contributed by atoms with Gasteiger partial charge in [0.25, 0.3) is 5.91 Å². The quantitative estimate of drug-likeness (QED) is 0.867. The van der Waals surface area contributed by atoms with Gasteiger partial charge < -0.3 is 5.32 Å². The van der Waals surface area contributed by atoms with Crippen molar-refractivity contribution < 1.29 is 9.59 Å². The number of nitrogens with one attached hydrogen (secondary N) is 1. The van der Waals surface area contributed by atoms with E-state index in [0.717, 1.165) is 50.0 Å². The fraction of sp³-hybridized carbons (Fsp3) is 0.609. The first-order valence-corrected chi connectivity index (χ1v) is 10.6. The SMILES string of the molecule is CC(C)(C)C1CCN(CC(=O)N=C2c3ccccc3NC2C(=O)C2CC2)CC1. The molecule has 150 valence electrons. The number of anilines is 1. The smallest absolute Gasteiger partial charge is 0.260 e. The van der Waals surface area contributed by atoms with E-state index in [4.69, 9.17) is 0 Å². The van der Waals surface area contributed by atoms with Crippen LogP contribution in [0.15, 0.2) is 29.3 Å². The second-order valence-electron chi connectivity index (χ2n) is 9.61. The van der Waals surface area contributed by atoms with E-state index < -0.39 is 6.04 Å². The number of Topliss-reactive ketones (excluding diaryl/α,β-unsaturated/α-hetero) is 1. The lowest BCUT2D eigenvalue weighted by Crippen LogP contribution is -2.40. The fourth-order valence-electron chi connectivity index (χ4n) is 4.46. The highest BCUT2D eigenvalue weighted by atomic mass is 16.1. The molecule has 0 aromatic heterocycles. The average Bonchev–Trinajstić information content (AvgIpc) is 3.44. The molecule has 5 heteroatoms. The van der Waals surface area contributed by atoms with Crippen LogP contribution in [0, 0.1) is 17.3 Å². The summed E-state index contributed by atoms with van der Waals surface area (Å²) in [6.07, 6.45) is 4.16. The van der Waals surface area contributed by atoms with E-state index in [9.17, 15) is 9.59 Å². The summed E-state index contributed by atoms with van der Waals surface area (Å²) in [4.78, 5) is 32.1. The number of para-hydroxylation sites is 1. The number of piperidine rings is 1. The first kappa shape index (κ1) is 19.3. The van der Waals surface area contributed by atoms with Crippen LogP contribution in [0.4, 0.5) is 5.69 Å². The number of hydrogen-bond acceptors (Lipinski definition) is 4. The van der Waals surface area contributed by atoms with Crippen molar-refractivity contribution in [1.82, 2.24) is 4.90 Å². The molecule has 4 rings (SSSR count). The van der Waals surface area contributed by atoms with Gasteiger partial charge in [0.1, 0.15) is 6.04 Å². The van der Waals surface area contributed by atoms with Gasteiger partial charge in [0.05, 0.1) is 12.3 Å². The number of ketones is 1. The average molecular weight is 382 g/mol. The van der Waals surface area contributed by atoms with Crippen LogP contribution in [0.1, 0.15) is 52.0 Å². The minimum atomic E-state index is -0.472. The van der Waals surface area contributed by atoms with Crippen LogP contribution < -0.4 is 5.32 Å². The van der Waals surface area contributed by atoms with E-state index in [-0.39, 0.29) is 17.6 Å². The lowest BCUT2D eigenvalue weighted by molar-refractivity contribution is -0.119. The number of nitrogens with zero attached hydrogens (tertiary/aromatic N) is 2. The zero-order chi connectivity index (χ0) is 19.9. The minimum absolute atomic E-state index is 0.128. The zero-order valence-electron chi connectivity index (χ0n) is 17.2. The van der Waals surface area contributed by atoms with Crippen LogP contribution in [0.5, 0.6) is 0 Å². The molecule has 1 aliphatic carbocycles. The Kier molecular flexibility index (Phi) is 5.13. The highest BCUT2D eigenvalue weighted by Crippen LogP contribution is 2.36. The van der Waals surface area contributed by atoms with Crippen LogP contribution in [0.2, 0.25) is 0 Å². The first-order chi connectivity index (χ1) is 13.3. The van der Waals surface area contributed by atoms with E-state index in [0.29, 0.717) is 23.6 Å². The Hall–Kier alpha value is -2.01. The van der Waals surface area contributed by atoms with Gasteiger partial charge in [-0.3, -0.25) is 14.5 Å². The molecule has 1 saturated carbocycles. The van der Waals surface area contributed by atoms with E-state index in [2.05, 4.69) is 36.0 Å². The normalized spacial score (nSPS) is 24.8. The molecular formula is C23H31N3O2. The molecule has 1 aromatic rings. The summed E-state index contributed by atoms with van der Waals surface area (Å²) in [5.74, 6) is 0.866. The molecule has 1 aromatic carbocycles. The lowest BCUT2D eigenvalue weighted by atomic mass is 9.75. The topological polar surface area (TPSA) is 61.8 Å². The number of fused-ring (bicyclic) bond motifs is 1. The number of carbonyl (C=O) groups is 2. The number of likely N-dealkylation sites (tertiary alicyclic amines) is 1. The van der Waals surface area contributed by atoms with Gasteiger partial charge in [0, 0.05) is 17.2 Å². The standard InChI is InChI=1S/C23H31N3O2/c1-23(2,3)16-10-12-26(13-11-16)14-19(27)25-20-17-6-4-5-7-18(17)24-21(20)22(28)15-8-9-15/h4-7,15-16,21,24H,8-14H2,1-3H3. The second kappa shape index (κ2) is 7.43. The van der Waals surface area contributed by atoms with Crippen molar-refractivity contribution in [2.45, 2.75) is 52.5 Å². The Morgan fingerprint density at radius 1 is 1.11 bits per heavy atom. The molecule has 1 amide bonds. The molecule has 1 N–H and O–H groups in total. The van der Waals surface area contributed by atoms with Gasteiger partial charge in [-0.05, 0) is 56.2 Å². The summed E-state index contributed by atoms with van der Waals surface area (Å²) in [5.41, 5.74) is 2.73. The summed E-state index contributed by atoms with van der Waals surface area (Å²) >= 11 is 0. The van der Waals surface area contributed by atoms with Crippen molar-refractivity contribution in [3.63, 3.8) is 0 Å². The molecule has 28 heavy (non-hydrogen) atoms. The number of amides is 1. The van der Waals surface area contributed by atoms with Crippen LogP contribution in [-0.2, 0) is 9.59 Å². The molecule has 2 fully saturated rings. The van der Waals surface area contributed by atoms with E-state index in [1.165, 1.54) is 0 Å². The summed E-state index contributed by atoms with van der Waals surface area (Å²) in [7, 11) is 0. The van der Waals surface area contributed by atoms with E-state index in [1.54, 1.807) is 0 Å².